The van der Waals surface area contributed by atoms with Crippen LogP contribution in [0.1, 0.15) is 6.92 Å². The molecule has 4 N–H and O–H groups in total. The number of carboxylic acids is 1. The van der Waals surface area contributed by atoms with Crippen molar-refractivity contribution < 1.29 is 19.8 Å². The van der Waals surface area contributed by atoms with Crippen molar-refractivity contribution in [1.29, 1.82) is 0 Å². The fourth-order valence-corrected chi connectivity index (χ4v) is 1.10. The van der Waals surface area contributed by atoms with Gasteiger partial charge in [-0.25, -0.2) is 0 Å². The zero-order valence-electron chi connectivity index (χ0n) is 8.14. The molecule has 0 fully saturated rings. The maximum absolute atomic E-state index is 10.6. The second kappa shape index (κ2) is 6.33. The molecule has 0 radical (unpaired) electrons. The number of aliphatic hydroxyl groups excluding tert-OH is 1. The van der Waals surface area contributed by atoms with E-state index >= 15 is 0 Å². The first-order valence-electron chi connectivity index (χ1n) is 4.29. The third-order valence-corrected chi connectivity index (χ3v) is 1.62. The topological polar surface area (TPSA) is 104 Å². The molecule has 6 heteroatoms. The van der Waals surface area contributed by atoms with Crippen LogP contribution in [0.2, 0.25) is 0 Å². The van der Waals surface area contributed by atoms with E-state index < -0.39 is 11.9 Å². The largest absolute Gasteiger partial charge is 0.480 e. The SMILES string of the molecule is CC(CO)CN(CC(N)=O)CC(=O)O. The average Bonchev–Trinajstić information content (AvgIpc) is 2.01. The molecular weight excluding hydrogens is 188 g/mol. The number of hydrogen-bond donors (Lipinski definition) is 3. The molecular formula is C8H16N2O4. The van der Waals surface area contributed by atoms with E-state index in [1.807, 2.05) is 0 Å². The lowest BCUT2D eigenvalue weighted by atomic mass is 10.2. The van der Waals surface area contributed by atoms with Crippen LogP contribution in [-0.2, 0) is 9.59 Å². The third-order valence-electron chi connectivity index (χ3n) is 1.62. The molecule has 0 saturated carbocycles. The number of nitrogens with two attached hydrogens (primary N) is 1. The van der Waals surface area contributed by atoms with Crippen LogP contribution < -0.4 is 5.73 Å². The summed E-state index contributed by atoms with van der Waals surface area (Å²) in [7, 11) is 0. The molecule has 1 amide bonds. The van der Waals surface area contributed by atoms with E-state index in [9.17, 15) is 9.59 Å². The molecule has 0 aromatic rings. The molecule has 0 spiro atoms. The van der Waals surface area contributed by atoms with Crippen molar-refractivity contribution in [3.63, 3.8) is 0 Å². The molecule has 1 unspecified atom stereocenters. The molecule has 0 bridgehead atoms. The molecule has 0 aliphatic heterocycles. The summed E-state index contributed by atoms with van der Waals surface area (Å²) >= 11 is 0. The third kappa shape index (κ3) is 6.38. The van der Waals surface area contributed by atoms with Crippen molar-refractivity contribution >= 4 is 11.9 Å². The first-order valence-corrected chi connectivity index (χ1v) is 4.29. The maximum Gasteiger partial charge on any atom is 0.317 e. The zero-order valence-corrected chi connectivity index (χ0v) is 8.14. The van der Waals surface area contributed by atoms with Crippen LogP contribution >= 0.6 is 0 Å². The van der Waals surface area contributed by atoms with Gasteiger partial charge in [-0.2, -0.15) is 0 Å². The Morgan fingerprint density at radius 3 is 2.36 bits per heavy atom. The number of amides is 1. The Labute approximate surface area is 82.3 Å². The van der Waals surface area contributed by atoms with Gasteiger partial charge >= 0.3 is 5.97 Å². The zero-order chi connectivity index (χ0) is 11.1. The highest BCUT2D eigenvalue weighted by Gasteiger charge is 2.14. The Hall–Kier alpha value is -1.14. The minimum absolute atomic E-state index is 0.0467. The molecule has 0 aromatic heterocycles. The molecule has 6 nitrogen and oxygen atoms in total. The van der Waals surface area contributed by atoms with Crippen molar-refractivity contribution in [1.82, 2.24) is 4.90 Å². The van der Waals surface area contributed by atoms with Crippen LogP contribution in [0.25, 0.3) is 0 Å². The number of rotatable bonds is 7. The van der Waals surface area contributed by atoms with Gasteiger partial charge in [0, 0.05) is 13.2 Å². The van der Waals surface area contributed by atoms with E-state index in [1.54, 1.807) is 6.92 Å². The molecule has 1 atom stereocenters. The van der Waals surface area contributed by atoms with E-state index in [2.05, 4.69) is 0 Å². The van der Waals surface area contributed by atoms with Crippen molar-refractivity contribution in [2.45, 2.75) is 6.92 Å². The van der Waals surface area contributed by atoms with E-state index in [0.29, 0.717) is 6.54 Å². The molecule has 0 aliphatic rings. The van der Waals surface area contributed by atoms with E-state index in [-0.39, 0.29) is 25.6 Å². The minimum atomic E-state index is -1.02. The standard InChI is InChI=1S/C8H16N2O4/c1-6(5-11)2-10(3-7(9)12)4-8(13)14/h6,11H,2-5H2,1H3,(H2,9,12)(H,13,14). The monoisotopic (exact) mass is 204 g/mol. The predicted molar refractivity (Wildman–Crippen MR) is 49.5 cm³/mol. The highest BCUT2D eigenvalue weighted by molar-refractivity contribution is 5.77. The van der Waals surface area contributed by atoms with Gasteiger partial charge in [-0.3, -0.25) is 14.5 Å². The molecule has 0 saturated heterocycles. The number of nitrogens with zero attached hydrogens (tertiary/aromatic N) is 1. The summed E-state index contributed by atoms with van der Waals surface area (Å²) in [5.41, 5.74) is 4.95. The molecule has 14 heavy (non-hydrogen) atoms. The number of aliphatic hydroxyl groups is 1. The first-order chi connectivity index (χ1) is 6.45. The van der Waals surface area contributed by atoms with Gasteiger partial charge in [-0.1, -0.05) is 6.92 Å². The van der Waals surface area contributed by atoms with E-state index in [4.69, 9.17) is 15.9 Å². The maximum atomic E-state index is 10.6. The van der Waals surface area contributed by atoms with Gasteiger partial charge in [0.15, 0.2) is 0 Å². The summed E-state index contributed by atoms with van der Waals surface area (Å²) in [6, 6.07) is 0. The fraction of sp³-hybridized carbons (Fsp3) is 0.750. The fourth-order valence-electron chi connectivity index (χ4n) is 1.10. The van der Waals surface area contributed by atoms with Crippen molar-refractivity contribution in [2.75, 3.05) is 26.2 Å². The van der Waals surface area contributed by atoms with Gasteiger partial charge in [0.25, 0.3) is 0 Å². The second-order valence-electron chi connectivity index (χ2n) is 3.32. The number of carboxylic acid groups (broad SMARTS) is 1. The van der Waals surface area contributed by atoms with Gasteiger partial charge in [0.05, 0.1) is 13.1 Å². The average molecular weight is 204 g/mol. The summed E-state index contributed by atoms with van der Waals surface area (Å²) in [5.74, 6) is -1.67. The summed E-state index contributed by atoms with van der Waals surface area (Å²) in [4.78, 5) is 22.4. The summed E-state index contributed by atoms with van der Waals surface area (Å²) in [6.45, 7) is 1.71. The van der Waals surface area contributed by atoms with Crippen molar-refractivity contribution in [3.05, 3.63) is 0 Å². The highest BCUT2D eigenvalue weighted by atomic mass is 16.4. The Kier molecular flexibility index (Phi) is 5.82. The quantitative estimate of drug-likeness (QED) is 0.467. The second-order valence-corrected chi connectivity index (χ2v) is 3.32. The molecule has 0 rings (SSSR count). The van der Waals surface area contributed by atoms with Gasteiger partial charge in [-0.15, -0.1) is 0 Å². The number of aliphatic carboxylic acids is 1. The van der Waals surface area contributed by atoms with Gasteiger partial charge in [-0.05, 0) is 5.92 Å². The van der Waals surface area contributed by atoms with E-state index in [1.165, 1.54) is 4.90 Å². The Morgan fingerprint density at radius 1 is 1.43 bits per heavy atom. The molecule has 82 valence electrons. The Morgan fingerprint density at radius 2 is 2.00 bits per heavy atom. The van der Waals surface area contributed by atoms with Crippen LogP contribution in [0, 0.1) is 5.92 Å². The Balaban J connectivity index is 4.09. The van der Waals surface area contributed by atoms with Crippen LogP contribution in [0.3, 0.4) is 0 Å². The van der Waals surface area contributed by atoms with Crippen molar-refractivity contribution in [3.8, 4) is 0 Å². The number of primary amides is 1. The first kappa shape index (κ1) is 12.9. The van der Waals surface area contributed by atoms with Gasteiger partial charge < -0.3 is 15.9 Å². The number of carbonyl (C=O) groups is 2. The van der Waals surface area contributed by atoms with E-state index in [0.717, 1.165) is 0 Å². The van der Waals surface area contributed by atoms with Crippen LogP contribution in [-0.4, -0.2) is 53.2 Å². The van der Waals surface area contributed by atoms with Gasteiger partial charge in [0.2, 0.25) is 5.91 Å². The molecule has 0 heterocycles. The summed E-state index contributed by atoms with van der Waals surface area (Å²) in [5, 5.41) is 17.3. The lowest BCUT2D eigenvalue weighted by molar-refractivity contribution is -0.138. The lowest BCUT2D eigenvalue weighted by Gasteiger charge is -2.21. The highest BCUT2D eigenvalue weighted by Crippen LogP contribution is 1.98. The summed E-state index contributed by atoms with van der Waals surface area (Å²) < 4.78 is 0. The van der Waals surface area contributed by atoms with Crippen LogP contribution in [0.15, 0.2) is 0 Å². The number of carbonyl (C=O) groups excluding carboxylic acids is 1. The van der Waals surface area contributed by atoms with Gasteiger partial charge in [0.1, 0.15) is 0 Å². The normalized spacial score (nSPS) is 12.8. The molecule has 0 aliphatic carbocycles. The molecule has 0 aromatic carbocycles. The van der Waals surface area contributed by atoms with Crippen LogP contribution in [0.5, 0.6) is 0 Å². The summed E-state index contributed by atoms with van der Waals surface area (Å²) in [6.07, 6.45) is 0. The lowest BCUT2D eigenvalue weighted by Crippen LogP contribution is -2.40. The minimum Gasteiger partial charge on any atom is -0.480 e. The predicted octanol–water partition coefficient (Wildman–Crippen LogP) is -1.51. The number of hydrogen-bond acceptors (Lipinski definition) is 4. The Bertz CT molecular complexity index is 192. The van der Waals surface area contributed by atoms with Crippen LogP contribution in [0.4, 0.5) is 0 Å². The smallest absolute Gasteiger partial charge is 0.317 e. The van der Waals surface area contributed by atoms with Crippen molar-refractivity contribution in [2.24, 2.45) is 11.7 Å².